The van der Waals surface area contributed by atoms with E-state index < -0.39 is 5.63 Å². The van der Waals surface area contributed by atoms with E-state index in [1.807, 2.05) is 19.1 Å². The highest BCUT2D eigenvalue weighted by Gasteiger charge is 2.19. The van der Waals surface area contributed by atoms with Crippen molar-refractivity contribution in [3.05, 3.63) is 34.7 Å². The molecule has 0 bridgehead atoms. The van der Waals surface area contributed by atoms with Crippen molar-refractivity contribution in [1.29, 1.82) is 0 Å². The molecule has 0 spiro atoms. The van der Waals surface area contributed by atoms with Gasteiger partial charge in [-0.2, -0.15) is 0 Å². The number of hydrogen-bond donors (Lipinski definition) is 2. The van der Waals surface area contributed by atoms with Crippen LogP contribution in [-0.4, -0.2) is 23.5 Å². The number of hydrogen-bond acceptors (Lipinski definition) is 5. The molecule has 0 radical (unpaired) electrons. The molecule has 0 aliphatic heterocycles. The van der Waals surface area contributed by atoms with Crippen LogP contribution in [0.3, 0.4) is 0 Å². The minimum absolute atomic E-state index is 0.0942. The van der Waals surface area contributed by atoms with E-state index >= 15 is 0 Å². The quantitative estimate of drug-likeness (QED) is 0.612. The number of rotatable bonds is 6. The van der Waals surface area contributed by atoms with Crippen molar-refractivity contribution in [1.82, 2.24) is 5.27 Å². The zero-order valence-electron chi connectivity index (χ0n) is 11.7. The fourth-order valence-corrected chi connectivity index (χ4v) is 2.39. The monoisotopic (exact) mass is 310 g/mol. The molecule has 7 nitrogen and oxygen atoms in total. The molecule has 0 unspecified atom stereocenters. The number of carbonyl (C=O) groups is 1. The number of aromatic amines is 1. The first kappa shape index (κ1) is 15.2. The number of aryl methyl sites for hydroxylation is 1. The van der Waals surface area contributed by atoms with Crippen molar-refractivity contribution in [2.24, 2.45) is 7.05 Å². The summed E-state index contributed by atoms with van der Waals surface area (Å²) in [5.41, 5.74) is 0.112. The fraction of sp³-hybridized carbons (Fsp3) is 0.308. The molecule has 1 amide bonds. The van der Waals surface area contributed by atoms with Crippen molar-refractivity contribution >= 4 is 23.4 Å². The second kappa shape index (κ2) is 6.98. The van der Waals surface area contributed by atoms with Gasteiger partial charge in [0.05, 0.1) is 18.0 Å². The van der Waals surface area contributed by atoms with E-state index in [1.165, 1.54) is 4.68 Å². The summed E-state index contributed by atoms with van der Waals surface area (Å²) in [7, 11) is 1.63. The molecule has 8 heteroatoms. The molecule has 0 saturated carbocycles. The van der Waals surface area contributed by atoms with Crippen LogP contribution in [0.25, 0.3) is 0 Å². The number of aromatic nitrogens is 2. The number of H-pyrrole nitrogens is 1. The maximum absolute atomic E-state index is 11.9. The van der Waals surface area contributed by atoms with E-state index in [-0.39, 0.29) is 11.7 Å². The molecule has 0 aliphatic carbocycles. The van der Waals surface area contributed by atoms with Crippen LogP contribution in [0.2, 0.25) is 0 Å². The average molecular weight is 310 g/mol. The van der Waals surface area contributed by atoms with Gasteiger partial charge in [-0.1, -0.05) is 16.8 Å². The van der Waals surface area contributed by atoms with E-state index in [4.69, 9.17) is 4.74 Å². The van der Waals surface area contributed by atoms with Gasteiger partial charge in [0.2, 0.25) is 5.91 Å². The highest BCUT2D eigenvalue weighted by molar-refractivity contribution is 7.99. The van der Waals surface area contributed by atoms with Crippen molar-refractivity contribution in [3.8, 4) is 5.75 Å². The van der Waals surface area contributed by atoms with Gasteiger partial charge in [0.15, 0.2) is 7.05 Å². The number of benzene rings is 1. The lowest BCUT2D eigenvalue weighted by atomic mass is 10.3. The second-order valence-electron chi connectivity index (χ2n) is 4.11. The predicted octanol–water partition coefficient (Wildman–Crippen LogP) is 0.922. The number of para-hydroxylation sites is 2. The smallest absolute Gasteiger partial charge is 0.441 e. The Morgan fingerprint density at radius 1 is 1.48 bits per heavy atom. The summed E-state index contributed by atoms with van der Waals surface area (Å²) in [5, 5.41) is 5.49. The van der Waals surface area contributed by atoms with E-state index in [9.17, 15) is 9.59 Å². The number of ether oxygens (including phenoxy) is 1. The Morgan fingerprint density at radius 3 is 2.90 bits per heavy atom. The summed E-state index contributed by atoms with van der Waals surface area (Å²) in [6, 6.07) is 7.19. The third-order valence-electron chi connectivity index (χ3n) is 2.56. The minimum Gasteiger partial charge on any atom is -0.492 e. The summed E-state index contributed by atoms with van der Waals surface area (Å²) < 4.78 is 11.5. The Kier molecular flexibility index (Phi) is 5.04. The van der Waals surface area contributed by atoms with Gasteiger partial charge < -0.3 is 10.1 Å². The lowest BCUT2D eigenvalue weighted by Gasteiger charge is -2.10. The molecule has 1 aromatic heterocycles. The van der Waals surface area contributed by atoms with E-state index in [0.717, 1.165) is 11.8 Å². The maximum atomic E-state index is 11.9. The third-order valence-corrected chi connectivity index (χ3v) is 3.68. The van der Waals surface area contributed by atoms with Crippen LogP contribution in [0.1, 0.15) is 6.92 Å². The Morgan fingerprint density at radius 2 is 2.24 bits per heavy atom. The van der Waals surface area contributed by atoms with Gasteiger partial charge in [-0.3, -0.25) is 9.32 Å². The van der Waals surface area contributed by atoms with Gasteiger partial charge in [-0.05, 0) is 36.1 Å². The number of nitrogens with one attached hydrogen (secondary N) is 2. The summed E-state index contributed by atoms with van der Waals surface area (Å²) >= 11 is 1.10. The molecule has 0 aliphatic rings. The SMILES string of the molecule is CCOc1ccccc1NC(=O)CSc1c(=O)o[nH][n+]1C. The average Bonchev–Trinajstić information content (AvgIpc) is 2.78. The fourth-order valence-electron chi connectivity index (χ4n) is 1.66. The molecular formula is C13H16N3O4S+. The highest BCUT2D eigenvalue weighted by Crippen LogP contribution is 2.24. The minimum atomic E-state index is -0.495. The van der Waals surface area contributed by atoms with E-state index in [1.54, 1.807) is 19.2 Å². The van der Waals surface area contributed by atoms with Crippen molar-refractivity contribution in [2.45, 2.75) is 11.9 Å². The molecule has 1 heterocycles. The van der Waals surface area contributed by atoms with Gasteiger partial charge in [-0.15, -0.1) is 0 Å². The molecular weight excluding hydrogens is 294 g/mol. The Labute approximate surface area is 125 Å². The van der Waals surface area contributed by atoms with Crippen LogP contribution >= 0.6 is 11.8 Å². The van der Waals surface area contributed by atoms with Gasteiger partial charge in [0, 0.05) is 0 Å². The molecule has 112 valence electrons. The lowest BCUT2D eigenvalue weighted by molar-refractivity contribution is -0.772. The van der Waals surface area contributed by atoms with E-state index in [0.29, 0.717) is 23.1 Å². The molecule has 2 N–H and O–H groups in total. The Balaban J connectivity index is 1.98. The maximum Gasteiger partial charge on any atom is 0.441 e. The first-order valence-corrected chi connectivity index (χ1v) is 7.32. The van der Waals surface area contributed by atoms with Crippen molar-refractivity contribution in [2.75, 3.05) is 17.7 Å². The molecule has 0 atom stereocenters. The highest BCUT2D eigenvalue weighted by atomic mass is 32.2. The van der Waals surface area contributed by atoms with Gasteiger partial charge in [0.1, 0.15) is 5.75 Å². The third kappa shape index (κ3) is 3.88. The Hall–Kier alpha value is -2.22. The van der Waals surface area contributed by atoms with Crippen LogP contribution in [-0.2, 0) is 11.8 Å². The number of thioether (sulfide) groups is 1. The standard InChI is InChI=1S/C13H15N3O4S/c1-3-19-10-7-5-4-6-9(10)14-11(17)8-21-12-13(18)20-15-16(12)2/h4-7H,3,8H2,1-2H3,(H-,14,15,17,18)/p+1. The second-order valence-corrected chi connectivity index (χ2v) is 5.08. The topological polar surface area (TPSA) is 88.2 Å². The van der Waals surface area contributed by atoms with Gasteiger partial charge >= 0.3 is 10.7 Å². The van der Waals surface area contributed by atoms with Crippen LogP contribution in [0.15, 0.2) is 38.6 Å². The van der Waals surface area contributed by atoms with Crippen LogP contribution in [0.5, 0.6) is 5.75 Å². The molecule has 1 aromatic carbocycles. The molecule has 0 fully saturated rings. The molecule has 21 heavy (non-hydrogen) atoms. The molecule has 2 aromatic rings. The summed E-state index contributed by atoms with van der Waals surface area (Å²) in [4.78, 5) is 23.3. The first-order valence-electron chi connectivity index (χ1n) is 6.33. The zero-order valence-corrected chi connectivity index (χ0v) is 12.5. The largest absolute Gasteiger partial charge is 0.492 e. The van der Waals surface area contributed by atoms with Gasteiger partial charge in [-0.25, -0.2) is 4.79 Å². The summed E-state index contributed by atoms with van der Waals surface area (Å²) in [5.74, 6) is 0.481. The summed E-state index contributed by atoms with van der Waals surface area (Å²) in [6.45, 7) is 2.39. The van der Waals surface area contributed by atoms with Crippen LogP contribution < -0.4 is 20.4 Å². The molecule has 2 rings (SSSR count). The van der Waals surface area contributed by atoms with Crippen LogP contribution in [0, 0.1) is 0 Å². The lowest BCUT2D eigenvalue weighted by Crippen LogP contribution is -2.34. The van der Waals surface area contributed by atoms with Gasteiger partial charge in [0.25, 0.3) is 0 Å². The number of carbonyl (C=O) groups excluding carboxylic acids is 1. The Bertz CT molecular complexity index is 680. The number of nitrogens with zero attached hydrogens (tertiary/aromatic N) is 1. The predicted molar refractivity (Wildman–Crippen MR) is 77.5 cm³/mol. The number of anilines is 1. The van der Waals surface area contributed by atoms with E-state index in [2.05, 4.69) is 15.1 Å². The van der Waals surface area contributed by atoms with Crippen molar-refractivity contribution < 1.29 is 18.7 Å². The van der Waals surface area contributed by atoms with Crippen LogP contribution in [0.4, 0.5) is 5.69 Å². The normalized spacial score (nSPS) is 10.4. The van der Waals surface area contributed by atoms with Crippen molar-refractivity contribution in [3.63, 3.8) is 0 Å². The zero-order chi connectivity index (χ0) is 15.2. The summed E-state index contributed by atoms with van der Waals surface area (Å²) in [6.07, 6.45) is 0. The first-order chi connectivity index (χ1) is 10.1. The molecule has 0 saturated heterocycles. The number of amides is 1.